The summed E-state index contributed by atoms with van der Waals surface area (Å²) in [6.45, 7) is 1.96. The van der Waals surface area contributed by atoms with Crippen LogP contribution in [0.1, 0.15) is 5.56 Å². The van der Waals surface area contributed by atoms with Crippen molar-refractivity contribution in [2.24, 2.45) is 0 Å². The van der Waals surface area contributed by atoms with Crippen LogP contribution in [-0.2, 0) is 4.79 Å². The molecular weight excluding hydrogens is 166 g/mol. The molecule has 1 rings (SSSR count). The van der Waals surface area contributed by atoms with E-state index in [2.05, 4.69) is 4.98 Å². The summed E-state index contributed by atoms with van der Waals surface area (Å²) in [5.41, 5.74) is 1.04. The summed E-state index contributed by atoms with van der Waals surface area (Å²) in [4.78, 5) is 14.7. The maximum absolute atomic E-state index is 10.5. The Hall–Kier alpha value is -1.58. The van der Waals surface area contributed by atoms with Crippen molar-refractivity contribution in [3.05, 3.63) is 23.9 Å². The summed E-state index contributed by atoms with van der Waals surface area (Å²) in [7, 11) is 3.48. The number of rotatable bonds is 3. The minimum absolute atomic E-state index is 0.744. The third-order valence-electron chi connectivity index (χ3n) is 1.91. The standard InChI is InChI=1S/C9H13N3O/c1-8-5-4-6-10-9(8)12(3)11(2)7-13/h4-7H,1-3H3. The third-order valence-corrected chi connectivity index (χ3v) is 1.91. The highest BCUT2D eigenvalue weighted by molar-refractivity contribution is 5.54. The first-order valence-electron chi connectivity index (χ1n) is 4.00. The van der Waals surface area contributed by atoms with Crippen LogP contribution in [0, 0.1) is 6.92 Å². The lowest BCUT2D eigenvalue weighted by molar-refractivity contribution is -0.117. The first-order valence-corrected chi connectivity index (χ1v) is 4.00. The largest absolute Gasteiger partial charge is 0.277 e. The number of nitrogens with zero attached hydrogens (tertiary/aromatic N) is 3. The Labute approximate surface area is 77.8 Å². The number of amides is 1. The lowest BCUT2D eigenvalue weighted by atomic mass is 10.3. The summed E-state index contributed by atoms with van der Waals surface area (Å²) >= 11 is 0. The topological polar surface area (TPSA) is 36.4 Å². The van der Waals surface area contributed by atoms with Crippen molar-refractivity contribution < 1.29 is 4.79 Å². The molecule has 0 atom stereocenters. The van der Waals surface area contributed by atoms with Gasteiger partial charge in [-0.15, -0.1) is 0 Å². The van der Waals surface area contributed by atoms with E-state index in [9.17, 15) is 4.79 Å². The zero-order valence-electron chi connectivity index (χ0n) is 8.06. The minimum Gasteiger partial charge on any atom is -0.277 e. The molecule has 0 spiro atoms. The monoisotopic (exact) mass is 179 g/mol. The highest BCUT2D eigenvalue weighted by Gasteiger charge is 2.07. The SMILES string of the molecule is Cc1cccnc1N(C)N(C)C=O. The molecule has 0 aliphatic rings. The van der Waals surface area contributed by atoms with Gasteiger partial charge in [-0.3, -0.25) is 14.8 Å². The lowest BCUT2D eigenvalue weighted by Gasteiger charge is -2.26. The van der Waals surface area contributed by atoms with E-state index >= 15 is 0 Å². The zero-order chi connectivity index (χ0) is 9.84. The van der Waals surface area contributed by atoms with E-state index in [4.69, 9.17) is 0 Å². The molecule has 4 nitrogen and oxygen atoms in total. The van der Waals surface area contributed by atoms with Crippen LogP contribution in [0.25, 0.3) is 0 Å². The van der Waals surface area contributed by atoms with Crippen LogP contribution < -0.4 is 5.01 Å². The van der Waals surface area contributed by atoms with Crippen molar-refractivity contribution in [1.29, 1.82) is 0 Å². The predicted octanol–water partition coefficient (Wildman–Crippen LogP) is 0.829. The molecule has 0 radical (unpaired) electrons. The Morgan fingerprint density at radius 2 is 2.15 bits per heavy atom. The highest BCUT2D eigenvalue weighted by Crippen LogP contribution is 2.14. The van der Waals surface area contributed by atoms with Crippen LogP contribution in [0.3, 0.4) is 0 Å². The molecule has 1 aromatic rings. The summed E-state index contributed by atoms with van der Waals surface area (Å²) in [6, 6.07) is 3.82. The van der Waals surface area contributed by atoms with Crippen LogP contribution in [-0.4, -0.2) is 30.5 Å². The Morgan fingerprint density at radius 1 is 1.46 bits per heavy atom. The number of aromatic nitrogens is 1. The number of carbonyl (C=O) groups is 1. The van der Waals surface area contributed by atoms with E-state index in [1.807, 2.05) is 19.1 Å². The Balaban J connectivity index is 2.94. The first kappa shape index (κ1) is 9.51. The van der Waals surface area contributed by atoms with Crippen LogP contribution in [0.15, 0.2) is 18.3 Å². The fourth-order valence-corrected chi connectivity index (χ4v) is 1.04. The molecule has 1 aromatic heterocycles. The zero-order valence-corrected chi connectivity index (χ0v) is 8.06. The van der Waals surface area contributed by atoms with E-state index in [-0.39, 0.29) is 0 Å². The molecule has 1 heterocycles. The second-order valence-corrected chi connectivity index (χ2v) is 2.85. The van der Waals surface area contributed by atoms with Gasteiger partial charge < -0.3 is 0 Å². The lowest BCUT2D eigenvalue weighted by Crippen LogP contribution is -2.36. The number of aryl methyl sites for hydroxylation is 1. The second-order valence-electron chi connectivity index (χ2n) is 2.85. The molecule has 0 saturated heterocycles. The van der Waals surface area contributed by atoms with Crippen molar-refractivity contribution in [3.8, 4) is 0 Å². The van der Waals surface area contributed by atoms with Gasteiger partial charge in [0.1, 0.15) is 5.82 Å². The van der Waals surface area contributed by atoms with E-state index < -0.39 is 0 Å². The molecule has 0 N–H and O–H groups in total. The average molecular weight is 179 g/mol. The predicted molar refractivity (Wildman–Crippen MR) is 51.2 cm³/mol. The highest BCUT2D eigenvalue weighted by atomic mass is 16.1. The van der Waals surface area contributed by atoms with Crippen LogP contribution in [0.4, 0.5) is 5.82 Å². The number of anilines is 1. The van der Waals surface area contributed by atoms with Crippen molar-refractivity contribution in [1.82, 2.24) is 9.99 Å². The molecule has 0 aromatic carbocycles. The maximum atomic E-state index is 10.5. The summed E-state index contributed by atoms with van der Waals surface area (Å²) in [5.74, 6) is 0.789. The molecule has 13 heavy (non-hydrogen) atoms. The molecule has 0 unspecified atom stereocenters. The number of hydrogen-bond donors (Lipinski definition) is 0. The summed E-state index contributed by atoms with van der Waals surface area (Å²) < 4.78 is 0. The number of hydrogen-bond acceptors (Lipinski definition) is 3. The third kappa shape index (κ3) is 1.96. The van der Waals surface area contributed by atoms with Crippen LogP contribution >= 0.6 is 0 Å². The maximum Gasteiger partial charge on any atom is 0.228 e. The van der Waals surface area contributed by atoms with E-state index in [0.29, 0.717) is 0 Å². The molecule has 0 aliphatic carbocycles. The van der Waals surface area contributed by atoms with E-state index in [1.54, 1.807) is 25.3 Å². The molecule has 1 amide bonds. The molecular formula is C9H13N3O. The van der Waals surface area contributed by atoms with Crippen LogP contribution in [0.5, 0.6) is 0 Å². The Kier molecular flexibility index (Phi) is 2.84. The molecule has 0 fully saturated rings. The molecule has 0 aliphatic heterocycles. The minimum atomic E-state index is 0.744. The average Bonchev–Trinajstić information content (AvgIpc) is 2.16. The number of hydrazine groups is 1. The Bertz CT molecular complexity index is 301. The van der Waals surface area contributed by atoms with Gasteiger partial charge in [0.2, 0.25) is 6.41 Å². The fourth-order valence-electron chi connectivity index (χ4n) is 1.04. The second kappa shape index (κ2) is 3.89. The van der Waals surface area contributed by atoms with Crippen molar-refractivity contribution in [3.63, 3.8) is 0 Å². The molecule has 0 saturated carbocycles. The fraction of sp³-hybridized carbons (Fsp3) is 0.333. The Morgan fingerprint density at radius 3 is 2.69 bits per heavy atom. The number of pyridine rings is 1. The number of carbonyl (C=O) groups excluding carboxylic acids is 1. The van der Waals surface area contributed by atoms with Gasteiger partial charge in [0.05, 0.1) is 0 Å². The van der Waals surface area contributed by atoms with Crippen molar-refractivity contribution >= 4 is 12.2 Å². The van der Waals surface area contributed by atoms with Gasteiger partial charge >= 0.3 is 0 Å². The smallest absolute Gasteiger partial charge is 0.228 e. The summed E-state index contributed by atoms with van der Waals surface area (Å²) in [5, 5.41) is 3.14. The van der Waals surface area contributed by atoms with Gasteiger partial charge in [-0.25, -0.2) is 4.98 Å². The molecule has 70 valence electrons. The van der Waals surface area contributed by atoms with Gasteiger partial charge in [-0.1, -0.05) is 6.07 Å². The van der Waals surface area contributed by atoms with Gasteiger partial charge in [0.15, 0.2) is 0 Å². The van der Waals surface area contributed by atoms with Crippen molar-refractivity contribution in [2.45, 2.75) is 6.92 Å². The molecule has 4 heteroatoms. The molecule has 0 bridgehead atoms. The van der Waals surface area contributed by atoms with Crippen LogP contribution in [0.2, 0.25) is 0 Å². The van der Waals surface area contributed by atoms with Gasteiger partial charge in [-0.2, -0.15) is 0 Å². The van der Waals surface area contributed by atoms with Crippen molar-refractivity contribution in [2.75, 3.05) is 19.1 Å². The normalized spacial score (nSPS) is 9.46. The van der Waals surface area contributed by atoms with Gasteiger partial charge in [-0.05, 0) is 18.6 Å². The van der Waals surface area contributed by atoms with E-state index in [1.165, 1.54) is 5.01 Å². The van der Waals surface area contributed by atoms with Gasteiger partial charge in [0.25, 0.3) is 0 Å². The van der Waals surface area contributed by atoms with E-state index in [0.717, 1.165) is 17.8 Å². The van der Waals surface area contributed by atoms with Gasteiger partial charge in [0, 0.05) is 20.3 Å². The first-order chi connectivity index (χ1) is 6.16. The summed E-state index contributed by atoms with van der Waals surface area (Å²) in [6.07, 6.45) is 2.45. The quantitative estimate of drug-likeness (QED) is 0.509.